The summed E-state index contributed by atoms with van der Waals surface area (Å²) in [5.74, 6) is -5.49. The molecule has 13 rings (SSSR count). The number of morpholine rings is 1. The normalized spacial score (nSPS) is 25.2. The molecule has 4 amide bonds. The van der Waals surface area contributed by atoms with E-state index in [0.717, 1.165) is 65.0 Å². The van der Waals surface area contributed by atoms with Crippen LogP contribution in [0.15, 0.2) is 56.9 Å². The predicted molar refractivity (Wildman–Crippen MR) is 362 cm³/mol. The lowest BCUT2D eigenvalue weighted by molar-refractivity contribution is -0.280. The lowest BCUT2D eigenvalue weighted by atomic mass is 9.85. The molecule has 8 aromatic rings. The molecule has 35 heteroatoms. The zero-order chi connectivity index (χ0) is 69.6. The first kappa shape index (κ1) is 69.3. The molecule has 0 aliphatic carbocycles. The lowest BCUT2D eigenvalue weighted by Gasteiger charge is -2.48. The maximum atomic E-state index is 15.2. The lowest BCUT2D eigenvalue weighted by Crippen LogP contribution is -2.62. The number of carbonyl (C=O) groups is 6. The highest BCUT2D eigenvalue weighted by atomic mass is 32.1. The summed E-state index contributed by atoms with van der Waals surface area (Å²) in [5, 5.41) is 58.9. The first-order valence-electron chi connectivity index (χ1n) is 31.6. The van der Waals surface area contributed by atoms with Crippen LogP contribution in [-0.2, 0) is 62.5 Å². The number of H-pyrrole nitrogens is 1. The maximum absolute atomic E-state index is 15.2. The predicted octanol–water partition coefficient (Wildman–Crippen LogP) is 4.87. The Morgan fingerprint density at radius 1 is 0.838 bits per heavy atom. The van der Waals surface area contributed by atoms with Crippen molar-refractivity contribution in [3.05, 3.63) is 112 Å². The van der Waals surface area contributed by atoms with Gasteiger partial charge >= 0.3 is 11.9 Å². The van der Waals surface area contributed by atoms with Crippen molar-refractivity contribution < 1.29 is 77.2 Å². The number of allylic oxidation sites excluding steroid dienone is 1. The van der Waals surface area contributed by atoms with E-state index in [1.165, 1.54) is 54.5 Å². The molecule has 10 unspecified atom stereocenters. The molecule has 0 radical (unpaired) electrons. The Bertz CT molecular complexity index is 4420. The minimum atomic E-state index is -1.83. The van der Waals surface area contributed by atoms with Crippen molar-refractivity contribution in [2.45, 2.75) is 114 Å². The van der Waals surface area contributed by atoms with Crippen LogP contribution in [-0.4, -0.2) is 211 Å². The molecule has 12 heterocycles. The number of hydrogen-bond donors (Lipinski definition) is 9. The number of ether oxygens (including phenoxy) is 7. The third kappa shape index (κ3) is 14.6. The number of amides is 4. The highest BCUT2D eigenvalue weighted by molar-refractivity contribution is 7.14. The molecule has 2 saturated heterocycles. The van der Waals surface area contributed by atoms with Crippen LogP contribution in [0.4, 0.5) is 0 Å². The number of hydrogen-bond acceptors (Lipinski definition) is 30. The van der Waals surface area contributed by atoms with E-state index in [0.29, 0.717) is 53.5 Å². The molecule has 9 N–H and O–H groups in total. The number of methoxy groups -OCH3 is 1. The summed E-state index contributed by atoms with van der Waals surface area (Å²) in [4.78, 5) is 126. The van der Waals surface area contributed by atoms with Crippen molar-refractivity contribution in [2.24, 2.45) is 0 Å². The van der Waals surface area contributed by atoms with Crippen LogP contribution in [0.1, 0.15) is 120 Å². The van der Waals surface area contributed by atoms with Gasteiger partial charge in [0.15, 0.2) is 12.4 Å². The standard InChI is InChI=1S/C64H70N14O16S5/c1-28(79)44-56(84)75-45(29(2)88-7)59-71-40(27-98-59)55(83)76-49-50-51(94-42-18-64(4,87)52(77(5)6)30(3)93-42)63(86)91-20-31-9-8-10-35-43(31)34(21-90-50)47(67-35)62(85)92-22-36(68-53(81)38-26-99-61(49)72-38)58-69-37(24-97-58)46-33(57-70-39(25-96-57)54(82)74-44)17-41(80)48(73-46)60-66-32(23-95-60)19-65-11-12-78-13-15-89-16-14-78/h8-10,17,23-28,30,36,42,44,49-52,65,67,79-80,87H,11-16,18-22H2,1-7H3,(H,68,81)(H,74,82)(H,75,84)(H,76,83)/b45-29+. The van der Waals surface area contributed by atoms with Crippen LogP contribution < -0.4 is 26.6 Å². The number of carbonyl (C=O) groups excluding carboxylic acids is 6. The minimum absolute atomic E-state index is 0.00957. The number of thiazole rings is 5. The highest BCUT2D eigenvalue weighted by Gasteiger charge is 2.50. The largest absolute Gasteiger partial charge is 0.506 e. The third-order valence-electron chi connectivity index (χ3n) is 17.5. The van der Waals surface area contributed by atoms with Crippen molar-refractivity contribution in [2.75, 3.05) is 67.2 Å². The number of likely N-dealkylation sites (N-methyl/N-ethyl adjacent to an activating group) is 1. The number of nitrogens with zero attached hydrogens (tertiary/aromatic N) is 8. The van der Waals surface area contributed by atoms with Crippen LogP contribution in [0, 0.1) is 0 Å². The summed E-state index contributed by atoms with van der Waals surface area (Å²) < 4.78 is 43.5. The second-order valence-corrected chi connectivity index (χ2v) is 29.0. The SMILES string of the molecule is CO/C(C)=C1/NC(=O)C(C(C)O)NC(=O)c2csc(n2)-c2cc(O)c(-c3nc(CNCCN4CCOCC4)cs3)nc2-c2csc(n2)C2COC(=O)c3[nH]c4cccc5c4c3COC(C(OC3CC(C)(O)C(N(C)C)C(C)O3)C(=O)OC5)C(NC(=O)c3csc1n3)c1nc(cs1)C(=O)N2. The van der Waals surface area contributed by atoms with E-state index in [-0.39, 0.29) is 101 Å². The molecule has 522 valence electrons. The van der Waals surface area contributed by atoms with Gasteiger partial charge in [0.25, 0.3) is 17.7 Å². The van der Waals surface area contributed by atoms with Crippen molar-refractivity contribution in [3.63, 3.8) is 0 Å². The summed E-state index contributed by atoms with van der Waals surface area (Å²) in [6.45, 7) is 9.90. The average Bonchev–Trinajstić information content (AvgIpc) is 1.65. The number of benzene rings is 1. The Labute approximate surface area is 585 Å². The van der Waals surface area contributed by atoms with Crippen LogP contribution in [0.2, 0.25) is 0 Å². The third-order valence-corrected chi connectivity index (χ3v) is 22.0. The van der Waals surface area contributed by atoms with Gasteiger partial charge in [-0.3, -0.25) is 24.1 Å². The second kappa shape index (κ2) is 29.2. The Morgan fingerprint density at radius 3 is 2.29 bits per heavy atom. The van der Waals surface area contributed by atoms with E-state index in [9.17, 15) is 24.9 Å². The minimum Gasteiger partial charge on any atom is -0.506 e. The van der Waals surface area contributed by atoms with Crippen LogP contribution in [0.5, 0.6) is 5.75 Å². The monoisotopic (exact) mass is 1450 g/mol. The average molecular weight is 1450 g/mol. The summed E-state index contributed by atoms with van der Waals surface area (Å²) in [7, 11) is 4.94. The molecule has 99 heavy (non-hydrogen) atoms. The number of aromatic amines is 1. The Balaban J connectivity index is 0.948. The van der Waals surface area contributed by atoms with Gasteiger partial charge < -0.3 is 84.9 Å². The van der Waals surface area contributed by atoms with Gasteiger partial charge in [-0.25, -0.2) is 39.5 Å². The van der Waals surface area contributed by atoms with Crippen molar-refractivity contribution in [1.82, 2.24) is 71.3 Å². The highest BCUT2D eigenvalue weighted by Crippen LogP contribution is 2.43. The fourth-order valence-electron chi connectivity index (χ4n) is 12.6. The fraction of sp³-hybridized carbons (Fsp3) is 0.438. The number of rotatable bonds is 11. The molecule has 1 aromatic carbocycles. The summed E-state index contributed by atoms with van der Waals surface area (Å²) in [5.41, 5.74) is 0.403. The van der Waals surface area contributed by atoms with Gasteiger partial charge in [0.05, 0.1) is 56.5 Å². The number of fused-ring (bicyclic) bond motifs is 15. The number of aliphatic hydroxyl groups is 2. The molecule has 30 nitrogen and oxygen atoms in total. The van der Waals surface area contributed by atoms with Crippen LogP contribution in [0.3, 0.4) is 0 Å². The number of aromatic hydroxyl groups is 1. The van der Waals surface area contributed by atoms with E-state index >= 15 is 19.2 Å². The molecule has 7 aromatic heterocycles. The van der Waals surface area contributed by atoms with Crippen molar-refractivity contribution >= 4 is 109 Å². The zero-order valence-electron chi connectivity index (χ0n) is 54.4. The molecule has 0 saturated carbocycles. The molecule has 0 spiro atoms. The van der Waals surface area contributed by atoms with E-state index < -0.39 is 109 Å². The molecule has 5 aliphatic heterocycles. The number of nitrogens with one attached hydrogen (secondary N) is 6. The van der Waals surface area contributed by atoms with E-state index in [2.05, 4.69) is 46.4 Å². The Morgan fingerprint density at radius 2 is 1.54 bits per heavy atom. The number of pyridine rings is 1. The summed E-state index contributed by atoms with van der Waals surface area (Å²) >= 11 is 5.20. The first-order valence-corrected chi connectivity index (χ1v) is 36.0. The van der Waals surface area contributed by atoms with Gasteiger partial charge in [0.2, 0.25) is 5.91 Å². The van der Waals surface area contributed by atoms with Gasteiger partial charge in [0, 0.05) is 88.1 Å². The van der Waals surface area contributed by atoms with Gasteiger partial charge in [-0.2, -0.15) is 0 Å². The molecular formula is C64H70N14O16S5. The smallest absolute Gasteiger partial charge is 0.355 e. The molecule has 5 aliphatic rings. The van der Waals surface area contributed by atoms with E-state index in [1.807, 2.05) is 10.3 Å². The van der Waals surface area contributed by atoms with Gasteiger partial charge in [-0.1, -0.05) is 12.1 Å². The molecule has 2 fully saturated rings. The molecule has 12 bridgehead atoms. The Kier molecular flexibility index (Phi) is 20.5. The van der Waals surface area contributed by atoms with Gasteiger partial charge in [-0.05, 0) is 59.5 Å². The fourth-order valence-corrected chi connectivity index (χ4v) is 16.8. The summed E-state index contributed by atoms with van der Waals surface area (Å²) in [6, 6.07) is 1.68. The maximum Gasteiger partial charge on any atom is 0.355 e. The number of aliphatic hydroxyl groups excluding tert-OH is 1. The van der Waals surface area contributed by atoms with E-state index in [1.54, 1.807) is 51.5 Å². The second-order valence-electron chi connectivity index (χ2n) is 24.6. The molecule has 10 atom stereocenters. The van der Waals surface area contributed by atoms with Crippen LogP contribution >= 0.6 is 56.7 Å². The van der Waals surface area contributed by atoms with Crippen LogP contribution in [0.25, 0.3) is 49.3 Å². The zero-order valence-corrected chi connectivity index (χ0v) is 58.5. The number of esters is 2. The van der Waals surface area contributed by atoms with Crippen molar-refractivity contribution in [1.29, 1.82) is 0 Å². The Hall–Kier alpha value is -8.14. The number of aromatic nitrogens is 7. The van der Waals surface area contributed by atoms with Gasteiger partial charge in [0.1, 0.15) is 120 Å². The van der Waals surface area contributed by atoms with E-state index in [4.69, 9.17) is 53.1 Å². The quantitative estimate of drug-likeness (QED) is 0.0473. The first-order chi connectivity index (χ1) is 47.6. The number of cyclic esters (lactones) is 2. The van der Waals surface area contributed by atoms with Crippen molar-refractivity contribution in [3.8, 4) is 38.4 Å². The van der Waals surface area contributed by atoms with Gasteiger partial charge in [-0.15, -0.1) is 56.7 Å². The summed E-state index contributed by atoms with van der Waals surface area (Å²) in [6.07, 6.45) is -7.13. The topological polar surface area (TPSA) is 387 Å². The molecular weight excluding hydrogens is 1380 g/mol.